The first-order valence-corrected chi connectivity index (χ1v) is 9.40. The van der Waals surface area contributed by atoms with Crippen LogP contribution < -0.4 is 4.74 Å². The van der Waals surface area contributed by atoms with E-state index in [1.165, 1.54) is 12.8 Å². The maximum Gasteiger partial charge on any atom is 0.220 e. The van der Waals surface area contributed by atoms with Crippen molar-refractivity contribution in [2.24, 2.45) is 17.8 Å². The summed E-state index contributed by atoms with van der Waals surface area (Å²) in [6.07, 6.45) is 10.5. The lowest BCUT2D eigenvalue weighted by atomic mass is 9.95. The van der Waals surface area contributed by atoms with Gasteiger partial charge in [0.25, 0.3) is 0 Å². The highest BCUT2D eigenvalue weighted by atomic mass is 35.5. The maximum absolute atomic E-state index is 6.37. The summed E-state index contributed by atoms with van der Waals surface area (Å²) in [4.78, 5) is 4.23. The van der Waals surface area contributed by atoms with Gasteiger partial charge in [0.05, 0.1) is 24.0 Å². The molecule has 5 rings (SSSR count). The number of halogens is 2. The maximum atomic E-state index is 6.37. The highest BCUT2D eigenvalue weighted by Gasteiger charge is 2.36. The van der Waals surface area contributed by atoms with Gasteiger partial charge < -0.3 is 4.74 Å². The molecule has 0 amide bonds. The first-order valence-electron chi connectivity index (χ1n) is 8.65. The number of ether oxygens (including phenoxy) is 1. The second-order valence-corrected chi connectivity index (χ2v) is 7.78. The Hall–Kier alpha value is -2.11. The average molecular weight is 387 g/mol. The summed E-state index contributed by atoms with van der Waals surface area (Å²) in [5, 5.41) is 9.59. The van der Waals surface area contributed by atoms with Gasteiger partial charge >= 0.3 is 0 Å². The van der Waals surface area contributed by atoms with Crippen LogP contribution in [0.25, 0.3) is 17.0 Å². The molecule has 2 aromatic heterocycles. The van der Waals surface area contributed by atoms with Crippen molar-refractivity contribution in [3.05, 3.63) is 52.8 Å². The second kappa shape index (κ2) is 6.25. The van der Waals surface area contributed by atoms with Gasteiger partial charge in [-0.2, -0.15) is 0 Å². The number of hydrogen-bond acceptors (Lipinski definition) is 4. The highest BCUT2D eigenvalue weighted by molar-refractivity contribution is 6.36. The molecular formula is C19H16Cl2N4O. The van der Waals surface area contributed by atoms with Gasteiger partial charge in [0, 0.05) is 10.6 Å². The van der Waals surface area contributed by atoms with Crippen LogP contribution in [-0.2, 0) is 0 Å². The van der Waals surface area contributed by atoms with Gasteiger partial charge in [-0.1, -0.05) is 35.4 Å². The molecule has 1 fully saturated rings. The zero-order valence-electron chi connectivity index (χ0n) is 13.8. The number of rotatable bonds is 4. The summed E-state index contributed by atoms with van der Waals surface area (Å²) >= 11 is 12.4. The molecule has 0 aliphatic heterocycles. The molecule has 3 aromatic rings. The Morgan fingerprint density at radius 3 is 2.81 bits per heavy atom. The van der Waals surface area contributed by atoms with E-state index in [0.29, 0.717) is 45.8 Å². The summed E-state index contributed by atoms with van der Waals surface area (Å²) < 4.78 is 8.01. The molecule has 2 heterocycles. The monoisotopic (exact) mass is 386 g/mol. The lowest BCUT2D eigenvalue weighted by molar-refractivity contribution is 0.218. The third-order valence-electron chi connectivity index (χ3n) is 5.32. The van der Waals surface area contributed by atoms with Crippen LogP contribution in [0.15, 0.2) is 42.7 Å². The topological polar surface area (TPSA) is 52.3 Å². The van der Waals surface area contributed by atoms with Crippen LogP contribution in [0.1, 0.15) is 12.8 Å². The lowest BCUT2D eigenvalue weighted by Gasteiger charge is -2.19. The molecular weight excluding hydrogens is 371 g/mol. The normalized spacial score (nSPS) is 23.8. The highest BCUT2D eigenvalue weighted by Crippen LogP contribution is 2.43. The molecule has 1 saturated carbocycles. The van der Waals surface area contributed by atoms with Crippen LogP contribution in [0.3, 0.4) is 0 Å². The summed E-state index contributed by atoms with van der Waals surface area (Å²) in [6.45, 7) is 0.665. The Morgan fingerprint density at radius 1 is 1.12 bits per heavy atom. The quantitative estimate of drug-likeness (QED) is 0.610. The van der Waals surface area contributed by atoms with Crippen molar-refractivity contribution in [3.63, 3.8) is 0 Å². The van der Waals surface area contributed by atoms with Gasteiger partial charge in [0.2, 0.25) is 5.88 Å². The summed E-state index contributed by atoms with van der Waals surface area (Å²) in [7, 11) is 0. The minimum absolute atomic E-state index is 0.521. The number of benzene rings is 1. The predicted octanol–water partition coefficient (Wildman–Crippen LogP) is 4.69. The van der Waals surface area contributed by atoms with Crippen LogP contribution in [0, 0.1) is 17.8 Å². The number of allylic oxidation sites excluding steroid dienone is 2. The Labute approximate surface area is 160 Å². The molecule has 7 heteroatoms. The third kappa shape index (κ3) is 2.66. The first kappa shape index (κ1) is 16.1. The summed E-state index contributed by atoms with van der Waals surface area (Å²) in [5.74, 6) is 3.16. The van der Waals surface area contributed by atoms with Crippen LogP contribution in [0.4, 0.5) is 0 Å². The van der Waals surface area contributed by atoms with E-state index in [1.54, 1.807) is 24.5 Å². The molecule has 1 unspecified atom stereocenters. The van der Waals surface area contributed by atoms with Crippen molar-refractivity contribution in [1.82, 2.24) is 19.6 Å². The van der Waals surface area contributed by atoms with Crippen molar-refractivity contribution in [2.45, 2.75) is 12.8 Å². The van der Waals surface area contributed by atoms with Crippen LogP contribution >= 0.6 is 23.2 Å². The molecule has 2 aliphatic carbocycles. The van der Waals surface area contributed by atoms with E-state index in [-0.39, 0.29) is 0 Å². The molecule has 1 aromatic carbocycles. The van der Waals surface area contributed by atoms with Gasteiger partial charge in [-0.05, 0) is 48.8 Å². The number of fused-ring (bicyclic) bond motifs is 3. The fourth-order valence-electron chi connectivity index (χ4n) is 4.05. The number of aromatic nitrogens is 4. The van der Waals surface area contributed by atoms with Gasteiger partial charge in [-0.3, -0.25) is 4.98 Å². The molecule has 132 valence electrons. The molecule has 3 atom stereocenters. The van der Waals surface area contributed by atoms with Crippen LogP contribution in [-0.4, -0.2) is 26.2 Å². The van der Waals surface area contributed by atoms with Crippen molar-refractivity contribution < 1.29 is 4.74 Å². The Balaban J connectivity index is 1.50. The minimum atomic E-state index is 0.521. The Morgan fingerprint density at radius 2 is 2.04 bits per heavy atom. The van der Waals surface area contributed by atoms with Crippen LogP contribution in [0.5, 0.6) is 5.88 Å². The molecule has 2 bridgehead atoms. The van der Waals surface area contributed by atoms with Gasteiger partial charge in [0.15, 0.2) is 11.5 Å². The number of nitrogens with zero attached hydrogens (tertiary/aromatic N) is 4. The van der Waals surface area contributed by atoms with E-state index < -0.39 is 0 Å². The van der Waals surface area contributed by atoms with E-state index in [1.807, 2.05) is 10.5 Å². The molecule has 0 saturated heterocycles. The van der Waals surface area contributed by atoms with Crippen molar-refractivity contribution in [2.75, 3.05) is 6.61 Å². The third-order valence-corrected chi connectivity index (χ3v) is 5.86. The van der Waals surface area contributed by atoms with E-state index in [9.17, 15) is 0 Å². The molecule has 0 radical (unpaired) electrons. The smallest absolute Gasteiger partial charge is 0.220 e. The van der Waals surface area contributed by atoms with E-state index in [0.717, 1.165) is 11.5 Å². The summed E-state index contributed by atoms with van der Waals surface area (Å²) in [5.41, 5.74) is 1.37. The van der Waals surface area contributed by atoms with Crippen molar-refractivity contribution in [3.8, 4) is 17.3 Å². The SMILES string of the molecule is Clc1ccc(-c2nnc3cncc(OCC4C[C@H]5C=C[C@@H]4C5)n23)c(Cl)c1. The standard InChI is InChI=1S/C19H16Cl2N4O/c20-14-3-4-15(16(21)7-14)19-24-23-17-8-22-9-18(25(17)19)26-10-13-6-11-1-2-12(13)5-11/h1-4,7-9,11-13H,5-6,10H2/t11-,12+,13?/m0/s1. The zero-order chi connectivity index (χ0) is 17.7. The lowest BCUT2D eigenvalue weighted by Crippen LogP contribution is -2.17. The first-order chi connectivity index (χ1) is 12.7. The Kier molecular flexibility index (Phi) is 3.87. The van der Waals surface area contributed by atoms with Gasteiger partial charge in [-0.15, -0.1) is 10.2 Å². The molecule has 26 heavy (non-hydrogen) atoms. The molecule has 0 spiro atoms. The Bertz CT molecular complexity index is 1020. The minimum Gasteiger partial charge on any atom is -0.477 e. The largest absolute Gasteiger partial charge is 0.477 e. The zero-order valence-corrected chi connectivity index (χ0v) is 15.4. The van der Waals surface area contributed by atoms with Gasteiger partial charge in [0.1, 0.15) is 0 Å². The predicted molar refractivity (Wildman–Crippen MR) is 101 cm³/mol. The van der Waals surface area contributed by atoms with Crippen LogP contribution in [0.2, 0.25) is 10.0 Å². The fraction of sp³-hybridized carbons (Fsp3) is 0.316. The average Bonchev–Trinajstić information content (AvgIpc) is 3.35. The van der Waals surface area contributed by atoms with E-state index in [2.05, 4.69) is 27.3 Å². The van der Waals surface area contributed by atoms with Crippen molar-refractivity contribution in [1.29, 1.82) is 0 Å². The molecule has 0 N–H and O–H groups in total. The number of hydrogen-bond donors (Lipinski definition) is 0. The second-order valence-electron chi connectivity index (χ2n) is 6.94. The van der Waals surface area contributed by atoms with E-state index >= 15 is 0 Å². The van der Waals surface area contributed by atoms with E-state index in [4.69, 9.17) is 27.9 Å². The summed E-state index contributed by atoms with van der Waals surface area (Å²) in [6, 6.07) is 5.32. The molecule has 2 aliphatic rings. The molecule has 5 nitrogen and oxygen atoms in total. The fourth-order valence-corrected chi connectivity index (χ4v) is 4.54. The van der Waals surface area contributed by atoms with Crippen molar-refractivity contribution >= 4 is 28.8 Å². The van der Waals surface area contributed by atoms with Gasteiger partial charge in [-0.25, -0.2) is 4.40 Å².